The van der Waals surface area contributed by atoms with Gasteiger partial charge in [0.05, 0.1) is 6.04 Å². The number of nitrogens with one attached hydrogen (secondary N) is 1. The van der Waals surface area contributed by atoms with E-state index in [-0.39, 0.29) is 11.9 Å². The van der Waals surface area contributed by atoms with Crippen LogP contribution in [0.1, 0.15) is 18.4 Å². The van der Waals surface area contributed by atoms with Crippen molar-refractivity contribution in [3.8, 4) is 0 Å². The Morgan fingerprint density at radius 1 is 1.42 bits per heavy atom. The van der Waals surface area contributed by atoms with Crippen molar-refractivity contribution in [3.05, 3.63) is 29.8 Å². The van der Waals surface area contributed by atoms with Gasteiger partial charge in [-0.3, -0.25) is 9.69 Å². The maximum atomic E-state index is 11.9. The molecule has 0 radical (unpaired) electrons. The number of likely N-dealkylation sites (tertiary alicyclic amines) is 1. The molecule has 1 amide bonds. The minimum Gasteiger partial charge on any atom is -0.377 e. The van der Waals surface area contributed by atoms with Gasteiger partial charge in [-0.2, -0.15) is 0 Å². The Morgan fingerprint density at radius 2 is 2.16 bits per heavy atom. The third kappa shape index (κ3) is 3.07. The summed E-state index contributed by atoms with van der Waals surface area (Å²) in [4.78, 5) is 16.3. The molecule has 19 heavy (non-hydrogen) atoms. The van der Waals surface area contributed by atoms with E-state index in [0.717, 1.165) is 25.9 Å². The minimum absolute atomic E-state index is 0.0280. The molecule has 1 atom stereocenters. The maximum Gasteiger partial charge on any atom is 0.237 e. The van der Waals surface area contributed by atoms with Crippen LogP contribution in [0.5, 0.6) is 0 Å². The van der Waals surface area contributed by atoms with Gasteiger partial charge in [-0.05, 0) is 31.0 Å². The van der Waals surface area contributed by atoms with Crippen LogP contribution in [0.15, 0.2) is 24.3 Å². The van der Waals surface area contributed by atoms with Crippen LogP contribution in [0, 0.1) is 0 Å². The molecule has 1 N–H and O–H groups in total. The molecule has 1 aliphatic rings. The fourth-order valence-electron chi connectivity index (χ4n) is 2.78. The van der Waals surface area contributed by atoms with Crippen molar-refractivity contribution >= 4 is 11.6 Å². The van der Waals surface area contributed by atoms with Crippen LogP contribution in [0.3, 0.4) is 0 Å². The predicted octanol–water partition coefficient (Wildman–Crippen LogP) is 1.46. The van der Waals surface area contributed by atoms with Crippen LogP contribution in [0.4, 0.5) is 5.69 Å². The summed E-state index contributed by atoms with van der Waals surface area (Å²) in [6.45, 7) is 1.84. The van der Waals surface area contributed by atoms with Gasteiger partial charge in [-0.15, -0.1) is 0 Å². The van der Waals surface area contributed by atoms with Gasteiger partial charge in [0.25, 0.3) is 0 Å². The van der Waals surface area contributed by atoms with E-state index in [9.17, 15) is 4.79 Å². The predicted molar refractivity (Wildman–Crippen MR) is 78.3 cm³/mol. The highest BCUT2D eigenvalue weighted by atomic mass is 16.2. The van der Waals surface area contributed by atoms with Gasteiger partial charge in [-0.25, -0.2) is 0 Å². The summed E-state index contributed by atoms with van der Waals surface area (Å²) >= 11 is 0. The number of anilines is 1. The Labute approximate surface area is 115 Å². The zero-order valence-corrected chi connectivity index (χ0v) is 12.0. The Bertz CT molecular complexity index is 445. The SMILES string of the molecule is CNC(=O)[C@@H]1CCCN1Cc1ccccc1N(C)C. The van der Waals surface area contributed by atoms with Crippen molar-refractivity contribution in [2.75, 3.05) is 32.6 Å². The molecule has 0 saturated carbocycles. The topological polar surface area (TPSA) is 35.6 Å². The van der Waals surface area contributed by atoms with Crippen molar-refractivity contribution in [3.63, 3.8) is 0 Å². The monoisotopic (exact) mass is 261 g/mol. The van der Waals surface area contributed by atoms with Gasteiger partial charge in [0.1, 0.15) is 0 Å². The fourth-order valence-corrected chi connectivity index (χ4v) is 2.78. The van der Waals surface area contributed by atoms with Crippen LogP contribution in [0.2, 0.25) is 0 Å². The number of carbonyl (C=O) groups is 1. The van der Waals surface area contributed by atoms with E-state index in [2.05, 4.69) is 53.5 Å². The standard InChI is InChI=1S/C15H23N3O/c1-16-15(19)14-9-6-10-18(14)11-12-7-4-5-8-13(12)17(2)3/h4-5,7-8,14H,6,9-11H2,1-3H3,(H,16,19)/t14-/m0/s1. The van der Waals surface area contributed by atoms with Crippen molar-refractivity contribution in [2.45, 2.75) is 25.4 Å². The van der Waals surface area contributed by atoms with Crippen LogP contribution >= 0.6 is 0 Å². The second kappa shape index (κ2) is 6.06. The molecule has 0 aliphatic carbocycles. The summed E-state index contributed by atoms with van der Waals surface area (Å²) in [5, 5.41) is 2.77. The average molecular weight is 261 g/mol. The third-order valence-electron chi connectivity index (χ3n) is 3.76. The van der Waals surface area contributed by atoms with Crippen LogP contribution in [-0.2, 0) is 11.3 Å². The number of benzene rings is 1. The van der Waals surface area contributed by atoms with Gasteiger partial charge >= 0.3 is 0 Å². The maximum absolute atomic E-state index is 11.9. The Balaban J connectivity index is 2.14. The molecule has 2 rings (SSSR count). The fraction of sp³-hybridized carbons (Fsp3) is 0.533. The molecule has 0 bridgehead atoms. The summed E-state index contributed by atoms with van der Waals surface area (Å²) in [6.07, 6.45) is 2.06. The lowest BCUT2D eigenvalue weighted by molar-refractivity contribution is -0.125. The van der Waals surface area contributed by atoms with Crippen LogP contribution in [0.25, 0.3) is 0 Å². The molecule has 1 aromatic carbocycles. The van der Waals surface area contributed by atoms with Crippen molar-refractivity contribution < 1.29 is 4.79 Å². The minimum atomic E-state index is 0.0280. The molecule has 104 valence electrons. The van der Waals surface area contributed by atoms with E-state index in [1.165, 1.54) is 11.3 Å². The molecule has 1 heterocycles. The highest BCUT2D eigenvalue weighted by Gasteiger charge is 2.30. The number of hydrogen-bond donors (Lipinski definition) is 1. The molecule has 4 heteroatoms. The Kier molecular flexibility index (Phi) is 4.43. The third-order valence-corrected chi connectivity index (χ3v) is 3.76. The summed E-state index contributed by atoms with van der Waals surface area (Å²) in [5.41, 5.74) is 2.51. The molecule has 0 aromatic heterocycles. The van der Waals surface area contributed by atoms with Crippen LogP contribution < -0.4 is 10.2 Å². The number of likely N-dealkylation sites (N-methyl/N-ethyl adjacent to an activating group) is 1. The Hall–Kier alpha value is -1.55. The summed E-state index contributed by atoms with van der Waals surface area (Å²) in [5.74, 6) is 0.139. The van der Waals surface area contributed by atoms with Crippen molar-refractivity contribution in [2.24, 2.45) is 0 Å². The largest absolute Gasteiger partial charge is 0.377 e. The van der Waals surface area contributed by atoms with E-state index in [0.29, 0.717) is 0 Å². The molecule has 0 unspecified atom stereocenters. The Morgan fingerprint density at radius 3 is 2.84 bits per heavy atom. The quantitative estimate of drug-likeness (QED) is 0.891. The van der Waals surface area contributed by atoms with E-state index in [1.807, 2.05) is 0 Å². The van der Waals surface area contributed by atoms with Gasteiger partial charge < -0.3 is 10.2 Å². The van der Waals surface area contributed by atoms with E-state index in [1.54, 1.807) is 7.05 Å². The summed E-state index contributed by atoms with van der Waals surface area (Å²) < 4.78 is 0. The molecule has 1 aliphatic heterocycles. The first-order valence-electron chi connectivity index (χ1n) is 6.84. The molecule has 1 saturated heterocycles. The van der Waals surface area contributed by atoms with Crippen LogP contribution in [-0.4, -0.2) is 44.5 Å². The normalized spacial score (nSPS) is 19.4. The molecular weight excluding hydrogens is 238 g/mol. The molecule has 0 spiro atoms. The average Bonchev–Trinajstić information content (AvgIpc) is 2.86. The first kappa shape index (κ1) is 13.9. The second-order valence-electron chi connectivity index (χ2n) is 5.27. The van der Waals surface area contributed by atoms with Gasteiger partial charge in [0.15, 0.2) is 0 Å². The number of rotatable bonds is 4. The highest BCUT2D eigenvalue weighted by Crippen LogP contribution is 2.25. The van der Waals surface area contributed by atoms with Gasteiger partial charge in [0.2, 0.25) is 5.91 Å². The lowest BCUT2D eigenvalue weighted by Gasteiger charge is -2.25. The summed E-state index contributed by atoms with van der Waals surface area (Å²) in [7, 11) is 5.82. The number of amides is 1. The first-order valence-corrected chi connectivity index (χ1v) is 6.84. The van der Waals surface area contributed by atoms with Gasteiger partial charge in [-0.1, -0.05) is 18.2 Å². The first-order chi connectivity index (χ1) is 9.13. The van der Waals surface area contributed by atoms with E-state index >= 15 is 0 Å². The molecule has 1 fully saturated rings. The highest BCUT2D eigenvalue weighted by molar-refractivity contribution is 5.81. The number of nitrogens with zero attached hydrogens (tertiary/aromatic N) is 2. The van der Waals surface area contributed by atoms with Crippen molar-refractivity contribution in [1.29, 1.82) is 0 Å². The smallest absolute Gasteiger partial charge is 0.237 e. The zero-order chi connectivity index (χ0) is 13.8. The second-order valence-corrected chi connectivity index (χ2v) is 5.27. The lowest BCUT2D eigenvalue weighted by atomic mass is 10.1. The van der Waals surface area contributed by atoms with Gasteiger partial charge in [0, 0.05) is 33.4 Å². The number of hydrogen-bond acceptors (Lipinski definition) is 3. The number of carbonyl (C=O) groups excluding carboxylic acids is 1. The molecular formula is C15H23N3O. The zero-order valence-electron chi connectivity index (χ0n) is 12.0. The molecule has 4 nitrogen and oxygen atoms in total. The summed E-state index contributed by atoms with van der Waals surface area (Å²) in [6, 6.07) is 8.42. The van der Waals surface area contributed by atoms with E-state index < -0.39 is 0 Å². The molecule has 1 aromatic rings. The van der Waals surface area contributed by atoms with Crippen molar-refractivity contribution in [1.82, 2.24) is 10.2 Å². The number of para-hydroxylation sites is 1. The lowest BCUT2D eigenvalue weighted by Crippen LogP contribution is -2.41. The van der Waals surface area contributed by atoms with E-state index in [4.69, 9.17) is 0 Å².